The highest BCUT2D eigenvalue weighted by molar-refractivity contribution is 7.09. The molecule has 3 atom stereocenters. The third-order valence-corrected chi connectivity index (χ3v) is 8.98. The van der Waals surface area contributed by atoms with Crippen LogP contribution in [0.4, 0.5) is 13.2 Å². The molecule has 248 valence electrons. The van der Waals surface area contributed by atoms with Crippen molar-refractivity contribution in [2.45, 2.75) is 64.2 Å². The summed E-state index contributed by atoms with van der Waals surface area (Å²) in [5.74, 6) is -0.928. The van der Waals surface area contributed by atoms with E-state index in [1.807, 2.05) is 54.5 Å². The quantitative estimate of drug-likeness (QED) is 0.168. The van der Waals surface area contributed by atoms with Gasteiger partial charge in [-0.05, 0) is 80.1 Å². The maximum atomic E-state index is 13.7. The van der Waals surface area contributed by atoms with Crippen LogP contribution in [0, 0.1) is 13.8 Å². The van der Waals surface area contributed by atoms with Crippen LogP contribution in [0.2, 0.25) is 0 Å². The summed E-state index contributed by atoms with van der Waals surface area (Å²) < 4.78 is 41.9. The number of alkyl halides is 3. The number of aliphatic hydroxyl groups excluding tert-OH is 1. The number of nitrogens with one attached hydrogen (secondary N) is 2. The van der Waals surface area contributed by atoms with Gasteiger partial charge in [-0.3, -0.25) is 9.59 Å². The number of nitrogens with zero attached hydrogens (tertiary/aromatic N) is 2. The number of likely N-dealkylation sites (tertiary alicyclic amines) is 1. The van der Waals surface area contributed by atoms with Gasteiger partial charge in [-0.2, -0.15) is 0 Å². The van der Waals surface area contributed by atoms with Crippen LogP contribution in [0.15, 0.2) is 78.2 Å². The van der Waals surface area contributed by atoms with Gasteiger partial charge in [0.1, 0.15) is 10.8 Å². The van der Waals surface area contributed by atoms with E-state index in [0.29, 0.717) is 29.7 Å². The molecule has 4 aromatic rings. The van der Waals surface area contributed by atoms with Crippen molar-refractivity contribution in [1.29, 1.82) is 0 Å². The summed E-state index contributed by atoms with van der Waals surface area (Å²) in [6.07, 6.45) is -3.82. The number of carbonyl (C=O) groups is 2. The van der Waals surface area contributed by atoms with E-state index in [4.69, 9.17) is 0 Å². The van der Waals surface area contributed by atoms with Gasteiger partial charge in [-0.15, -0.1) is 24.5 Å². The number of hydrogen-bond donors (Lipinski definition) is 3. The van der Waals surface area contributed by atoms with Crippen molar-refractivity contribution in [2.75, 3.05) is 13.1 Å². The van der Waals surface area contributed by atoms with Gasteiger partial charge in [0.2, 0.25) is 0 Å². The van der Waals surface area contributed by atoms with E-state index in [0.717, 1.165) is 34.7 Å². The molecule has 1 aliphatic rings. The van der Waals surface area contributed by atoms with Gasteiger partial charge in [0, 0.05) is 41.8 Å². The fourth-order valence-electron chi connectivity index (χ4n) is 5.76. The molecule has 5 rings (SSSR count). The highest BCUT2D eigenvalue weighted by Gasteiger charge is 2.33. The topological polar surface area (TPSA) is 104 Å². The lowest BCUT2D eigenvalue weighted by atomic mass is 9.99. The van der Waals surface area contributed by atoms with E-state index < -0.39 is 24.4 Å². The number of carbonyl (C=O) groups excluding carboxylic acids is 2. The van der Waals surface area contributed by atoms with Crippen molar-refractivity contribution in [3.8, 4) is 5.75 Å². The second-order valence-electron chi connectivity index (χ2n) is 11.7. The molecule has 0 unspecified atom stereocenters. The number of thiazole rings is 1. The Labute approximate surface area is 275 Å². The van der Waals surface area contributed by atoms with Crippen molar-refractivity contribution in [2.24, 2.45) is 0 Å². The lowest BCUT2D eigenvalue weighted by Crippen LogP contribution is -2.48. The summed E-state index contributed by atoms with van der Waals surface area (Å²) in [6, 6.07) is 19.2. The largest absolute Gasteiger partial charge is 0.573 e. The molecular formula is C35H37F3N4O4S. The van der Waals surface area contributed by atoms with Crippen molar-refractivity contribution < 1.29 is 32.6 Å². The number of benzene rings is 3. The van der Waals surface area contributed by atoms with E-state index in [-0.39, 0.29) is 30.8 Å². The number of aromatic nitrogens is 1. The summed E-state index contributed by atoms with van der Waals surface area (Å²) in [6.45, 7) is 4.58. The van der Waals surface area contributed by atoms with Gasteiger partial charge >= 0.3 is 6.36 Å². The van der Waals surface area contributed by atoms with Gasteiger partial charge in [0.05, 0.1) is 18.2 Å². The highest BCUT2D eigenvalue weighted by Crippen LogP contribution is 2.35. The molecule has 0 aliphatic carbocycles. The molecule has 2 amide bonds. The van der Waals surface area contributed by atoms with Crippen molar-refractivity contribution in [3.63, 3.8) is 0 Å². The van der Waals surface area contributed by atoms with Crippen LogP contribution in [0.5, 0.6) is 5.75 Å². The first-order valence-corrected chi connectivity index (χ1v) is 16.3. The molecule has 0 spiro atoms. The molecular weight excluding hydrogens is 629 g/mol. The van der Waals surface area contributed by atoms with Gasteiger partial charge < -0.3 is 25.4 Å². The van der Waals surface area contributed by atoms with Crippen LogP contribution < -0.4 is 15.4 Å². The minimum absolute atomic E-state index is 0.0479. The number of hydrogen-bond acceptors (Lipinski definition) is 7. The van der Waals surface area contributed by atoms with Crippen LogP contribution in [0.25, 0.3) is 0 Å². The van der Waals surface area contributed by atoms with Crippen molar-refractivity contribution >= 4 is 23.2 Å². The Morgan fingerprint density at radius 2 is 1.79 bits per heavy atom. The Morgan fingerprint density at radius 1 is 1.04 bits per heavy atom. The molecule has 0 radical (unpaired) electrons. The molecule has 0 bridgehead atoms. The zero-order valence-electron chi connectivity index (χ0n) is 26.1. The molecule has 0 saturated carbocycles. The van der Waals surface area contributed by atoms with Crippen molar-refractivity contribution in [1.82, 2.24) is 20.5 Å². The molecule has 1 aliphatic heterocycles. The Balaban J connectivity index is 1.28. The smallest absolute Gasteiger partial charge is 0.406 e. The van der Waals surface area contributed by atoms with Crippen LogP contribution >= 0.6 is 11.3 Å². The summed E-state index contributed by atoms with van der Waals surface area (Å²) in [4.78, 5) is 33.8. The summed E-state index contributed by atoms with van der Waals surface area (Å²) in [5.41, 5.74) is 3.81. The number of aryl methyl sites for hydroxylation is 2. The maximum absolute atomic E-state index is 13.7. The lowest BCUT2D eigenvalue weighted by molar-refractivity contribution is -0.274. The van der Waals surface area contributed by atoms with Gasteiger partial charge in [0.15, 0.2) is 0 Å². The Kier molecular flexibility index (Phi) is 10.9. The molecule has 8 nitrogen and oxygen atoms in total. The summed E-state index contributed by atoms with van der Waals surface area (Å²) in [7, 11) is 0. The molecule has 1 saturated heterocycles. The fourth-order valence-corrected chi connectivity index (χ4v) is 6.70. The fraction of sp³-hybridized carbons (Fsp3) is 0.343. The first-order valence-electron chi connectivity index (χ1n) is 15.4. The summed E-state index contributed by atoms with van der Waals surface area (Å²) >= 11 is 1.55. The average Bonchev–Trinajstić information content (AvgIpc) is 3.69. The monoisotopic (exact) mass is 666 g/mol. The number of aliphatic hydroxyl groups is 1. The highest BCUT2D eigenvalue weighted by atomic mass is 32.1. The van der Waals surface area contributed by atoms with E-state index in [1.54, 1.807) is 35.6 Å². The zero-order chi connectivity index (χ0) is 33.6. The molecule has 1 fully saturated rings. The molecule has 1 aromatic heterocycles. The Morgan fingerprint density at radius 3 is 2.51 bits per heavy atom. The van der Waals surface area contributed by atoms with Crippen LogP contribution in [-0.2, 0) is 13.0 Å². The molecule has 12 heteroatoms. The van der Waals surface area contributed by atoms with Gasteiger partial charge in [0.25, 0.3) is 11.8 Å². The first kappa shape index (κ1) is 34.1. The van der Waals surface area contributed by atoms with Gasteiger partial charge in [-0.1, -0.05) is 42.5 Å². The van der Waals surface area contributed by atoms with Crippen molar-refractivity contribution in [3.05, 3.63) is 117 Å². The van der Waals surface area contributed by atoms with E-state index >= 15 is 0 Å². The summed E-state index contributed by atoms with van der Waals surface area (Å²) in [5, 5.41) is 20.1. The second kappa shape index (κ2) is 15.1. The van der Waals surface area contributed by atoms with E-state index in [9.17, 15) is 27.9 Å². The Bertz CT molecular complexity index is 1680. The zero-order valence-corrected chi connectivity index (χ0v) is 26.9. The van der Waals surface area contributed by atoms with E-state index in [1.165, 1.54) is 18.2 Å². The number of ether oxygens (including phenoxy) is 1. The number of amides is 2. The van der Waals surface area contributed by atoms with Gasteiger partial charge in [-0.25, -0.2) is 4.98 Å². The van der Waals surface area contributed by atoms with E-state index in [2.05, 4.69) is 20.4 Å². The molecule has 3 aromatic carbocycles. The molecule has 3 N–H and O–H groups in total. The lowest BCUT2D eigenvalue weighted by Gasteiger charge is -2.26. The predicted octanol–water partition coefficient (Wildman–Crippen LogP) is 6.13. The standard InChI is InChI=1S/C35H37F3N4O4S/c1-22-14-26(18-27(15-22)34(45)42-13-7-12-30(42)33-40-23(2)21-47-33)32(44)41-29(17-24-8-4-3-5-9-24)31(43)20-39-19-25-10-6-11-28(16-25)46-35(36,37)38/h3-6,8-11,14-16,18,21,29-31,39,43H,7,12-13,17,19-20H2,1-2H3,(H,41,44)/t29-,30+,31+/m0/s1. The minimum Gasteiger partial charge on any atom is -0.406 e. The predicted molar refractivity (Wildman–Crippen MR) is 173 cm³/mol. The molecule has 2 heterocycles. The third-order valence-electron chi connectivity index (χ3n) is 7.92. The molecule has 47 heavy (non-hydrogen) atoms. The normalized spacial score (nSPS) is 16.1. The van der Waals surface area contributed by atoms with Crippen LogP contribution in [-0.4, -0.2) is 58.4 Å². The number of halogens is 3. The third kappa shape index (κ3) is 9.40. The van der Waals surface area contributed by atoms with Crippen LogP contribution in [0.1, 0.15) is 67.0 Å². The SMILES string of the molecule is Cc1cc(C(=O)N[C@@H](Cc2ccccc2)[C@H](O)CNCc2cccc(OC(F)(F)F)c2)cc(C(=O)N2CCC[C@@H]2c2nc(C)cs2)c1. The van der Waals surface area contributed by atoms with Crippen LogP contribution in [0.3, 0.4) is 0 Å². The number of rotatable bonds is 12. The maximum Gasteiger partial charge on any atom is 0.573 e. The second-order valence-corrected chi connectivity index (χ2v) is 12.6. The first-order chi connectivity index (χ1) is 22.4. The average molecular weight is 667 g/mol. The Hall–Kier alpha value is -4.26. The minimum atomic E-state index is -4.80.